The Hall–Kier alpha value is -1.01. The molecule has 8 nitrogen and oxygen atoms in total. The molecule has 0 aromatic heterocycles. The molecule has 1 aromatic carbocycles. The van der Waals surface area contributed by atoms with Gasteiger partial charge in [-0.3, -0.25) is 0 Å². The van der Waals surface area contributed by atoms with Crippen molar-refractivity contribution in [1.29, 1.82) is 0 Å². The molecular weight excluding hydrogens is 412 g/mol. The van der Waals surface area contributed by atoms with Gasteiger partial charge in [-0.15, -0.1) is 0 Å². The predicted molar refractivity (Wildman–Crippen MR) is 101 cm³/mol. The van der Waals surface area contributed by atoms with Crippen molar-refractivity contribution in [1.82, 2.24) is 9.62 Å². The van der Waals surface area contributed by atoms with Gasteiger partial charge in [0.05, 0.1) is 40.0 Å². The zero-order chi connectivity index (χ0) is 19.8. The van der Waals surface area contributed by atoms with Gasteiger partial charge in [-0.1, -0.05) is 12.1 Å². The van der Waals surface area contributed by atoms with Crippen molar-refractivity contribution in [2.45, 2.75) is 42.9 Å². The summed E-state index contributed by atoms with van der Waals surface area (Å²) >= 11 is 0. The van der Waals surface area contributed by atoms with Gasteiger partial charge >= 0.3 is 0 Å². The number of fused-ring (bicyclic) bond motifs is 2. The molecule has 1 aromatic rings. The van der Waals surface area contributed by atoms with Gasteiger partial charge in [0.15, 0.2) is 19.7 Å². The van der Waals surface area contributed by atoms with Gasteiger partial charge in [0.1, 0.15) is 0 Å². The normalized spacial score (nSPS) is 34.9. The maximum atomic E-state index is 13.6. The Morgan fingerprint density at radius 3 is 1.96 bits per heavy atom. The fourth-order valence-corrected chi connectivity index (χ4v) is 10.7. The summed E-state index contributed by atoms with van der Waals surface area (Å²) in [6.45, 7) is 3.46. The molecule has 0 radical (unpaired) electrons. The quantitative estimate of drug-likeness (QED) is 0.649. The Morgan fingerprint density at radius 2 is 1.44 bits per heavy atom. The zero-order valence-corrected chi connectivity index (χ0v) is 17.4. The van der Waals surface area contributed by atoms with Crippen molar-refractivity contribution in [2.75, 3.05) is 23.0 Å². The van der Waals surface area contributed by atoms with Gasteiger partial charge in [0, 0.05) is 12.1 Å². The average Bonchev–Trinajstić information content (AvgIpc) is 2.98. The number of hydrogen-bond donors (Lipinski definition) is 1. The van der Waals surface area contributed by atoms with Crippen molar-refractivity contribution in [3.8, 4) is 0 Å². The molecule has 0 spiro atoms. The molecule has 4 atom stereocenters. The SMILES string of the molecule is Cc1ccc(C)c(S(=O)(=O)N2[C@@H]3CS(=O)(=O)C[C@@H]3N[C@@H]3CS(=O)(=O)C[C@@H]32)c1. The number of benzene rings is 1. The average molecular weight is 435 g/mol. The maximum Gasteiger partial charge on any atom is 0.244 e. The molecular formula is C16H22N2O6S3. The molecule has 4 rings (SSSR count). The Morgan fingerprint density at radius 1 is 0.926 bits per heavy atom. The van der Waals surface area contributed by atoms with Crippen LogP contribution in [-0.4, -0.2) is 76.7 Å². The van der Waals surface area contributed by atoms with E-state index in [4.69, 9.17) is 0 Å². The highest BCUT2D eigenvalue weighted by atomic mass is 32.2. The second-order valence-electron chi connectivity index (χ2n) is 7.77. The Labute approximate surface area is 159 Å². The van der Waals surface area contributed by atoms with Gasteiger partial charge in [0.2, 0.25) is 10.0 Å². The molecule has 0 amide bonds. The molecule has 1 N–H and O–H groups in total. The van der Waals surface area contributed by atoms with Crippen molar-refractivity contribution >= 4 is 29.7 Å². The molecule has 3 aliphatic rings. The van der Waals surface area contributed by atoms with Crippen LogP contribution in [0.4, 0.5) is 0 Å². The molecule has 3 fully saturated rings. The van der Waals surface area contributed by atoms with Gasteiger partial charge < -0.3 is 5.32 Å². The second kappa shape index (κ2) is 5.99. The van der Waals surface area contributed by atoms with Gasteiger partial charge in [-0.2, -0.15) is 4.31 Å². The van der Waals surface area contributed by atoms with Crippen LogP contribution in [0.25, 0.3) is 0 Å². The predicted octanol–water partition coefficient (Wildman–Crippen LogP) is -0.771. The highest BCUT2D eigenvalue weighted by Gasteiger charge is 2.57. The standard InChI is InChI=1S/C16H22N2O6S3/c1-10-3-4-11(2)16(5-10)27(23,24)18-14-8-25(19,20)6-12(14)17-13-7-26(21,22)9-15(13)18/h3-5,12-15,17H,6-9H2,1-2H3/t12-,13+,14+,15-. The highest BCUT2D eigenvalue weighted by molar-refractivity contribution is 7.92. The molecule has 0 unspecified atom stereocenters. The van der Waals surface area contributed by atoms with E-state index < -0.39 is 53.9 Å². The van der Waals surface area contributed by atoms with E-state index in [9.17, 15) is 25.3 Å². The third-order valence-electron chi connectivity index (χ3n) is 5.63. The topological polar surface area (TPSA) is 118 Å². The van der Waals surface area contributed by atoms with Crippen molar-refractivity contribution in [2.24, 2.45) is 0 Å². The van der Waals surface area contributed by atoms with Crippen LogP contribution < -0.4 is 5.32 Å². The molecule has 11 heteroatoms. The second-order valence-corrected chi connectivity index (χ2v) is 13.9. The summed E-state index contributed by atoms with van der Waals surface area (Å²) < 4.78 is 77.1. The van der Waals surface area contributed by atoms with Crippen molar-refractivity contribution in [3.63, 3.8) is 0 Å². The first-order valence-corrected chi connectivity index (χ1v) is 13.8. The zero-order valence-electron chi connectivity index (χ0n) is 15.0. The summed E-state index contributed by atoms with van der Waals surface area (Å²) in [5.41, 5.74) is 1.31. The summed E-state index contributed by atoms with van der Waals surface area (Å²) in [6.07, 6.45) is 0. The lowest BCUT2D eigenvalue weighted by Gasteiger charge is -2.44. The lowest BCUT2D eigenvalue weighted by atomic mass is 10.0. The Kier molecular flexibility index (Phi) is 4.29. The van der Waals surface area contributed by atoms with E-state index in [-0.39, 0.29) is 27.9 Å². The number of hydrogen-bond acceptors (Lipinski definition) is 7. The molecule has 3 saturated heterocycles. The Bertz CT molecular complexity index is 1060. The van der Waals surface area contributed by atoms with Crippen LogP contribution in [0.2, 0.25) is 0 Å². The molecule has 3 aliphatic heterocycles. The van der Waals surface area contributed by atoms with Crippen LogP contribution in [0.15, 0.2) is 23.1 Å². The molecule has 0 bridgehead atoms. The van der Waals surface area contributed by atoms with Gasteiger partial charge in [0.25, 0.3) is 0 Å². The third-order valence-corrected chi connectivity index (χ3v) is 11.2. The smallest absolute Gasteiger partial charge is 0.244 e. The van der Waals surface area contributed by atoms with Gasteiger partial charge in [-0.25, -0.2) is 25.3 Å². The minimum atomic E-state index is -4.06. The number of piperazine rings is 1. The largest absolute Gasteiger partial charge is 0.306 e. The number of aryl methyl sites for hydroxylation is 2. The van der Waals surface area contributed by atoms with Crippen LogP contribution >= 0.6 is 0 Å². The van der Waals surface area contributed by atoms with Crippen molar-refractivity contribution in [3.05, 3.63) is 29.3 Å². The first-order chi connectivity index (χ1) is 12.4. The van der Waals surface area contributed by atoms with Crippen LogP contribution in [0.3, 0.4) is 0 Å². The van der Waals surface area contributed by atoms with Gasteiger partial charge in [-0.05, 0) is 31.0 Å². The molecule has 0 saturated carbocycles. The summed E-state index contributed by atoms with van der Waals surface area (Å²) in [5, 5.41) is 3.10. The van der Waals surface area contributed by atoms with E-state index >= 15 is 0 Å². The van der Waals surface area contributed by atoms with E-state index in [1.165, 1.54) is 4.31 Å². The summed E-state index contributed by atoms with van der Waals surface area (Å²) in [4.78, 5) is 0.107. The van der Waals surface area contributed by atoms with Crippen LogP contribution in [0.1, 0.15) is 11.1 Å². The van der Waals surface area contributed by atoms with E-state index in [0.29, 0.717) is 5.56 Å². The maximum absolute atomic E-state index is 13.6. The number of nitrogens with zero attached hydrogens (tertiary/aromatic N) is 1. The number of sulfone groups is 2. The summed E-state index contributed by atoms with van der Waals surface area (Å²) in [5.74, 6) is -0.949. The van der Waals surface area contributed by atoms with Crippen molar-refractivity contribution < 1.29 is 25.3 Å². The lowest BCUT2D eigenvalue weighted by Crippen LogP contribution is -2.67. The molecule has 0 aliphatic carbocycles. The minimum absolute atomic E-state index is 0.107. The van der Waals surface area contributed by atoms with E-state index in [0.717, 1.165) is 5.56 Å². The van der Waals surface area contributed by atoms with E-state index in [1.54, 1.807) is 32.0 Å². The number of sulfonamides is 1. The lowest BCUT2D eigenvalue weighted by molar-refractivity contribution is 0.160. The fourth-order valence-electron chi connectivity index (χ4n) is 4.45. The van der Waals surface area contributed by atoms with E-state index in [1.807, 2.05) is 0 Å². The summed E-state index contributed by atoms with van der Waals surface area (Å²) in [7, 11) is -10.9. The minimum Gasteiger partial charge on any atom is -0.306 e. The molecule has 3 heterocycles. The molecule has 27 heavy (non-hydrogen) atoms. The highest BCUT2D eigenvalue weighted by Crippen LogP contribution is 2.36. The summed E-state index contributed by atoms with van der Waals surface area (Å²) in [6, 6.07) is 2.29. The van der Waals surface area contributed by atoms with Crippen LogP contribution in [0, 0.1) is 13.8 Å². The molecule has 150 valence electrons. The number of rotatable bonds is 2. The monoisotopic (exact) mass is 434 g/mol. The number of nitrogens with one attached hydrogen (secondary N) is 1. The first-order valence-electron chi connectivity index (χ1n) is 8.67. The van der Waals surface area contributed by atoms with Crippen LogP contribution in [0.5, 0.6) is 0 Å². The van der Waals surface area contributed by atoms with Crippen LogP contribution in [-0.2, 0) is 29.7 Å². The van der Waals surface area contributed by atoms with E-state index in [2.05, 4.69) is 5.32 Å². The fraction of sp³-hybridized carbons (Fsp3) is 0.625. The first kappa shape index (κ1) is 19.3. The Balaban J connectivity index is 1.87. The third kappa shape index (κ3) is 3.23.